The van der Waals surface area contributed by atoms with Gasteiger partial charge in [-0.15, -0.1) is 5.10 Å². The smallest absolute Gasteiger partial charge is 0.281 e. The largest absolute Gasteiger partial charge is 0.308 e. The summed E-state index contributed by atoms with van der Waals surface area (Å²) in [5.74, 6) is -0.374. The summed E-state index contributed by atoms with van der Waals surface area (Å²) in [6.45, 7) is 0.647. The average molecular weight is 494 g/mol. The standard InChI is InChI=1S/C23H20FN7O3S/c24-18-9-7-15(8-10-18)13-31-22-20(28-29-31)23(32)27-21(26-22)17-5-3-11-30(14-17)35(33,34)19-6-2-1-4-16(19)12-25/h1-2,4,6-10,17H,3,5,11,13-14H2,(H,26,27,32)/t17-/m1/s1. The fraction of sp³-hybridized carbons (Fsp3) is 0.261. The van der Waals surface area contributed by atoms with Crippen LogP contribution in [0.3, 0.4) is 0 Å². The van der Waals surface area contributed by atoms with Crippen molar-refractivity contribution in [2.45, 2.75) is 30.2 Å². The van der Waals surface area contributed by atoms with Gasteiger partial charge in [-0.05, 0) is 42.7 Å². The number of H-pyrrole nitrogens is 1. The lowest BCUT2D eigenvalue weighted by Gasteiger charge is -2.31. The number of nitrogens with zero attached hydrogens (tertiary/aromatic N) is 6. The maximum atomic E-state index is 13.3. The summed E-state index contributed by atoms with van der Waals surface area (Å²) >= 11 is 0. The zero-order valence-electron chi connectivity index (χ0n) is 18.4. The minimum Gasteiger partial charge on any atom is -0.308 e. The van der Waals surface area contributed by atoms with E-state index >= 15 is 0 Å². The van der Waals surface area contributed by atoms with Crippen molar-refractivity contribution in [3.8, 4) is 6.07 Å². The van der Waals surface area contributed by atoms with Crippen LogP contribution < -0.4 is 5.56 Å². The molecule has 0 aliphatic carbocycles. The Morgan fingerprint density at radius 1 is 1.17 bits per heavy atom. The molecule has 1 atom stereocenters. The number of halogens is 1. The predicted octanol–water partition coefficient (Wildman–Crippen LogP) is 2.14. The maximum absolute atomic E-state index is 13.3. The third-order valence-corrected chi connectivity index (χ3v) is 7.96. The highest BCUT2D eigenvalue weighted by Gasteiger charge is 2.33. The van der Waals surface area contributed by atoms with E-state index in [0.29, 0.717) is 25.2 Å². The summed E-state index contributed by atoms with van der Waals surface area (Å²) in [7, 11) is -3.91. The first-order valence-corrected chi connectivity index (χ1v) is 12.4. The molecule has 1 fully saturated rings. The van der Waals surface area contributed by atoms with Gasteiger partial charge in [-0.3, -0.25) is 4.79 Å². The Balaban J connectivity index is 1.46. The summed E-state index contributed by atoms with van der Waals surface area (Å²) in [6.07, 6.45) is 1.19. The van der Waals surface area contributed by atoms with Gasteiger partial charge in [0.25, 0.3) is 5.56 Å². The van der Waals surface area contributed by atoms with E-state index in [4.69, 9.17) is 0 Å². The van der Waals surface area contributed by atoms with E-state index in [0.717, 1.165) is 5.56 Å². The first-order chi connectivity index (χ1) is 16.9. The molecule has 0 bridgehead atoms. The van der Waals surface area contributed by atoms with Gasteiger partial charge >= 0.3 is 0 Å². The van der Waals surface area contributed by atoms with Crippen LogP contribution in [0.4, 0.5) is 4.39 Å². The number of fused-ring (bicyclic) bond motifs is 1. The van der Waals surface area contributed by atoms with Crippen molar-refractivity contribution in [2.75, 3.05) is 13.1 Å². The molecule has 5 rings (SSSR count). The Hall–Kier alpha value is -3.95. The van der Waals surface area contributed by atoms with Crippen LogP contribution in [0.5, 0.6) is 0 Å². The Morgan fingerprint density at radius 3 is 2.71 bits per heavy atom. The lowest BCUT2D eigenvalue weighted by Crippen LogP contribution is -2.40. The second-order valence-corrected chi connectivity index (χ2v) is 10.2. The normalized spacial score (nSPS) is 16.9. The van der Waals surface area contributed by atoms with E-state index in [-0.39, 0.29) is 46.4 Å². The van der Waals surface area contributed by atoms with Gasteiger partial charge in [-0.25, -0.2) is 22.5 Å². The minimum absolute atomic E-state index is 0.0402. The SMILES string of the molecule is N#Cc1ccccc1S(=O)(=O)N1CCC[C@@H](c2nc3c(nnn3Cc3ccc(F)cc3)c(=O)[nH]2)C1. The summed E-state index contributed by atoms with van der Waals surface area (Å²) in [4.78, 5) is 20.0. The molecule has 3 heterocycles. The molecular weight excluding hydrogens is 473 g/mol. The Labute approximate surface area is 199 Å². The summed E-state index contributed by atoms with van der Waals surface area (Å²) in [5.41, 5.74) is 0.707. The first kappa shape index (κ1) is 22.8. The third-order valence-electron chi connectivity index (χ3n) is 6.03. The molecule has 178 valence electrons. The van der Waals surface area contributed by atoms with Gasteiger partial charge in [0.15, 0.2) is 11.2 Å². The molecule has 0 unspecified atom stereocenters. The Morgan fingerprint density at radius 2 is 1.94 bits per heavy atom. The van der Waals surface area contributed by atoms with E-state index in [1.807, 2.05) is 6.07 Å². The zero-order chi connectivity index (χ0) is 24.6. The van der Waals surface area contributed by atoms with Crippen LogP contribution in [0.2, 0.25) is 0 Å². The molecule has 1 saturated heterocycles. The van der Waals surface area contributed by atoms with Crippen molar-refractivity contribution in [3.05, 3.63) is 81.7 Å². The van der Waals surface area contributed by atoms with Crippen molar-refractivity contribution < 1.29 is 12.8 Å². The predicted molar refractivity (Wildman–Crippen MR) is 123 cm³/mol. The fourth-order valence-corrected chi connectivity index (χ4v) is 5.92. The number of aromatic nitrogens is 5. The molecule has 4 aromatic rings. The Bertz CT molecular complexity index is 1610. The minimum atomic E-state index is -3.91. The number of piperidine rings is 1. The first-order valence-electron chi connectivity index (χ1n) is 10.9. The molecule has 2 aromatic heterocycles. The molecule has 1 aliphatic heterocycles. The number of nitrogens with one attached hydrogen (secondary N) is 1. The number of benzene rings is 2. The third kappa shape index (κ3) is 4.31. The average Bonchev–Trinajstić information content (AvgIpc) is 3.28. The molecule has 1 aliphatic rings. The topological polar surface area (TPSA) is 138 Å². The van der Waals surface area contributed by atoms with Crippen LogP contribution in [-0.4, -0.2) is 50.8 Å². The van der Waals surface area contributed by atoms with Gasteiger partial charge in [-0.1, -0.05) is 29.5 Å². The number of hydrogen-bond acceptors (Lipinski definition) is 7. The maximum Gasteiger partial charge on any atom is 0.281 e. The van der Waals surface area contributed by atoms with Crippen LogP contribution in [-0.2, 0) is 16.6 Å². The molecule has 0 saturated carbocycles. The van der Waals surface area contributed by atoms with Gasteiger partial charge in [0, 0.05) is 19.0 Å². The van der Waals surface area contributed by atoms with Gasteiger partial charge < -0.3 is 4.98 Å². The van der Waals surface area contributed by atoms with Crippen molar-refractivity contribution in [1.29, 1.82) is 5.26 Å². The van der Waals surface area contributed by atoms with E-state index < -0.39 is 15.6 Å². The zero-order valence-corrected chi connectivity index (χ0v) is 19.2. The summed E-state index contributed by atoms with van der Waals surface area (Å²) < 4.78 is 42.6. The molecule has 0 amide bonds. The van der Waals surface area contributed by atoms with Crippen molar-refractivity contribution in [3.63, 3.8) is 0 Å². The van der Waals surface area contributed by atoms with E-state index in [1.165, 1.54) is 33.3 Å². The molecule has 10 nitrogen and oxygen atoms in total. The molecule has 1 N–H and O–H groups in total. The fourth-order valence-electron chi connectivity index (χ4n) is 4.25. The van der Waals surface area contributed by atoms with E-state index in [2.05, 4.69) is 20.3 Å². The molecule has 12 heteroatoms. The van der Waals surface area contributed by atoms with Gasteiger partial charge in [0.05, 0.1) is 17.0 Å². The van der Waals surface area contributed by atoms with E-state index in [1.54, 1.807) is 24.3 Å². The lowest BCUT2D eigenvalue weighted by molar-refractivity contribution is 0.309. The van der Waals surface area contributed by atoms with Crippen LogP contribution in [0.1, 0.15) is 35.7 Å². The van der Waals surface area contributed by atoms with Crippen molar-refractivity contribution in [2.24, 2.45) is 0 Å². The number of aromatic amines is 1. The van der Waals surface area contributed by atoms with E-state index in [9.17, 15) is 22.9 Å². The second-order valence-electron chi connectivity index (χ2n) is 8.31. The quantitative estimate of drug-likeness (QED) is 0.450. The van der Waals surface area contributed by atoms with Gasteiger partial charge in [-0.2, -0.15) is 9.57 Å². The van der Waals surface area contributed by atoms with Gasteiger partial charge in [0.2, 0.25) is 10.0 Å². The molecule has 35 heavy (non-hydrogen) atoms. The number of hydrogen-bond donors (Lipinski definition) is 1. The second kappa shape index (κ2) is 9.01. The highest BCUT2D eigenvalue weighted by atomic mass is 32.2. The monoisotopic (exact) mass is 493 g/mol. The lowest BCUT2D eigenvalue weighted by atomic mass is 9.99. The summed E-state index contributed by atoms with van der Waals surface area (Å²) in [5, 5.41) is 17.3. The number of sulfonamides is 1. The highest BCUT2D eigenvalue weighted by molar-refractivity contribution is 7.89. The van der Waals surface area contributed by atoms with Crippen LogP contribution in [0, 0.1) is 17.1 Å². The Kier molecular flexibility index (Phi) is 5.88. The molecular formula is C23H20FN7O3S. The number of rotatable bonds is 5. The van der Waals surface area contributed by atoms with Crippen molar-refractivity contribution in [1.82, 2.24) is 29.3 Å². The van der Waals surface area contributed by atoms with Crippen LogP contribution in [0.25, 0.3) is 11.2 Å². The summed E-state index contributed by atoms with van der Waals surface area (Å²) in [6, 6.07) is 13.9. The van der Waals surface area contributed by atoms with Crippen LogP contribution >= 0.6 is 0 Å². The highest BCUT2D eigenvalue weighted by Crippen LogP contribution is 2.29. The van der Waals surface area contributed by atoms with Crippen LogP contribution in [0.15, 0.2) is 58.2 Å². The molecule has 2 aromatic carbocycles. The van der Waals surface area contributed by atoms with Gasteiger partial charge in [0.1, 0.15) is 17.7 Å². The number of nitriles is 1. The van der Waals surface area contributed by atoms with Crippen molar-refractivity contribution >= 4 is 21.2 Å². The molecule has 0 spiro atoms. The molecule has 0 radical (unpaired) electrons.